The van der Waals surface area contributed by atoms with E-state index in [1.807, 2.05) is 49.2 Å². The zero-order valence-corrected chi connectivity index (χ0v) is 19.6. The third-order valence-corrected chi connectivity index (χ3v) is 8.88. The summed E-state index contributed by atoms with van der Waals surface area (Å²) in [5, 5.41) is 0.932. The van der Waals surface area contributed by atoms with Gasteiger partial charge < -0.3 is 9.80 Å². The fourth-order valence-electron chi connectivity index (χ4n) is 4.37. The predicted octanol–water partition coefficient (Wildman–Crippen LogP) is 3.68. The molecule has 0 saturated carbocycles. The summed E-state index contributed by atoms with van der Waals surface area (Å²) < 4.78 is 29.9. The van der Waals surface area contributed by atoms with Crippen LogP contribution in [0.4, 0.5) is 0 Å². The van der Waals surface area contributed by atoms with E-state index < -0.39 is 10.0 Å². The highest BCUT2D eigenvalue weighted by Crippen LogP contribution is 2.32. The van der Waals surface area contributed by atoms with Crippen LogP contribution in [0, 0.1) is 5.92 Å². The lowest BCUT2D eigenvalue weighted by Gasteiger charge is -2.35. The second-order valence-electron chi connectivity index (χ2n) is 8.29. The standard InChI is InChI=1S/C23H24N4O3S2/c1-15(22-24-18-8-4-5-9-19(18)31-22)26(2)23(28)16-11-13-27(14-12-16)21-17-7-3-6-10-20(17)32(29,30)25-21/h3-10,15-16H,11-14H2,1-2H3. The molecule has 2 aliphatic rings. The number of sulfonamides is 1. The van der Waals surface area contributed by atoms with Crippen LogP contribution in [-0.4, -0.2) is 55.1 Å². The Morgan fingerprint density at radius 1 is 1.12 bits per heavy atom. The molecule has 0 N–H and O–H groups in total. The van der Waals surface area contributed by atoms with Gasteiger partial charge in [0.2, 0.25) is 5.91 Å². The molecule has 1 unspecified atom stereocenters. The number of aromatic nitrogens is 1. The lowest BCUT2D eigenvalue weighted by Crippen LogP contribution is -2.44. The van der Waals surface area contributed by atoms with Crippen molar-refractivity contribution >= 4 is 43.3 Å². The molecular weight excluding hydrogens is 444 g/mol. The number of amides is 1. The third kappa shape index (κ3) is 3.59. The number of likely N-dealkylation sites (tertiary alicyclic amines) is 1. The highest BCUT2D eigenvalue weighted by atomic mass is 32.2. The van der Waals surface area contributed by atoms with Gasteiger partial charge in [0.15, 0.2) is 5.84 Å². The topological polar surface area (TPSA) is 82.9 Å². The Kier molecular flexibility index (Phi) is 5.25. The van der Waals surface area contributed by atoms with Gasteiger partial charge in [-0.15, -0.1) is 15.7 Å². The summed E-state index contributed by atoms with van der Waals surface area (Å²) in [5.74, 6) is 0.516. The van der Waals surface area contributed by atoms with Crippen LogP contribution in [0.2, 0.25) is 0 Å². The highest BCUT2D eigenvalue weighted by molar-refractivity contribution is 7.90. The summed E-state index contributed by atoms with van der Waals surface area (Å²) >= 11 is 1.62. The number of para-hydroxylation sites is 1. The number of hydrogen-bond donors (Lipinski definition) is 0. The maximum absolute atomic E-state index is 13.2. The Morgan fingerprint density at radius 2 is 1.81 bits per heavy atom. The summed E-state index contributed by atoms with van der Waals surface area (Å²) in [6, 6.07) is 14.8. The molecule has 32 heavy (non-hydrogen) atoms. The van der Waals surface area contributed by atoms with Crippen LogP contribution < -0.4 is 0 Å². The highest BCUT2D eigenvalue weighted by Gasteiger charge is 2.35. The number of rotatable bonds is 3. The van der Waals surface area contributed by atoms with E-state index in [4.69, 9.17) is 4.98 Å². The first-order chi connectivity index (χ1) is 15.3. The van der Waals surface area contributed by atoms with Gasteiger partial charge in [0, 0.05) is 31.6 Å². The molecule has 0 aliphatic carbocycles. The molecule has 2 aliphatic heterocycles. The van der Waals surface area contributed by atoms with Crippen molar-refractivity contribution < 1.29 is 13.2 Å². The van der Waals surface area contributed by atoms with Crippen LogP contribution >= 0.6 is 11.3 Å². The van der Waals surface area contributed by atoms with E-state index in [1.54, 1.807) is 34.4 Å². The molecule has 9 heteroatoms. The number of amidine groups is 1. The number of carbonyl (C=O) groups excluding carboxylic acids is 1. The average Bonchev–Trinajstić information content (AvgIpc) is 3.37. The second kappa shape index (κ2) is 7.97. The first kappa shape index (κ1) is 21.1. The van der Waals surface area contributed by atoms with E-state index in [2.05, 4.69) is 4.40 Å². The van der Waals surface area contributed by atoms with Gasteiger partial charge in [-0.1, -0.05) is 24.3 Å². The zero-order valence-electron chi connectivity index (χ0n) is 17.9. The number of benzene rings is 2. The molecule has 0 spiro atoms. The number of nitrogens with zero attached hydrogens (tertiary/aromatic N) is 4. The number of thiazole rings is 1. The fourth-order valence-corrected chi connectivity index (χ4v) is 6.66. The van der Waals surface area contributed by atoms with E-state index >= 15 is 0 Å². The van der Waals surface area contributed by atoms with E-state index in [-0.39, 0.29) is 22.8 Å². The van der Waals surface area contributed by atoms with Crippen molar-refractivity contribution in [3.63, 3.8) is 0 Å². The molecule has 0 radical (unpaired) electrons. The van der Waals surface area contributed by atoms with E-state index in [1.165, 1.54) is 0 Å². The average molecular weight is 469 g/mol. The van der Waals surface area contributed by atoms with Gasteiger partial charge in [-0.05, 0) is 44.0 Å². The molecule has 166 valence electrons. The van der Waals surface area contributed by atoms with Gasteiger partial charge in [-0.25, -0.2) is 4.98 Å². The van der Waals surface area contributed by atoms with Gasteiger partial charge >= 0.3 is 0 Å². The van der Waals surface area contributed by atoms with Crippen LogP contribution in [0.25, 0.3) is 10.2 Å². The van der Waals surface area contributed by atoms with E-state index in [9.17, 15) is 13.2 Å². The van der Waals surface area contributed by atoms with Gasteiger partial charge in [-0.2, -0.15) is 8.42 Å². The van der Waals surface area contributed by atoms with Crippen molar-refractivity contribution in [3.05, 3.63) is 59.1 Å². The smallest absolute Gasteiger partial charge is 0.285 e. The molecular formula is C23H24N4O3S2. The second-order valence-corrected chi connectivity index (χ2v) is 10.9. The van der Waals surface area contributed by atoms with Crippen molar-refractivity contribution in [2.75, 3.05) is 20.1 Å². The lowest BCUT2D eigenvalue weighted by atomic mass is 9.94. The van der Waals surface area contributed by atoms with Crippen molar-refractivity contribution in [2.45, 2.75) is 30.7 Å². The van der Waals surface area contributed by atoms with Crippen LogP contribution in [0.3, 0.4) is 0 Å². The van der Waals surface area contributed by atoms with Crippen molar-refractivity contribution in [1.82, 2.24) is 14.8 Å². The molecule has 5 rings (SSSR count). The lowest BCUT2D eigenvalue weighted by molar-refractivity contribution is -0.137. The van der Waals surface area contributed by atoms with Crippen LogP contribution in [0.1, 0.15) is 36.4 Å². The minimum Gasteiger partial charge on any atom is -0.355 e. The Balaban J connectivity index is 1.26. The Hall–Kier alpha value is -2.78. The molecule has 1 aromatic heterocycles. The molecule has 1 atom stereocenters. The van der Waals surface area contributed by atoms with Gasteiger partial charge in [-0.3, -0.25) is 4.79 Å². The SMILES string of the molecule is CC(c1nc2ccccc2s1)N(C)C(=O)C1CCN(C2=NS(=O)(=O)c3ccccc32)CC1. The monoisotopic (exact) mass is 468 g/mol. The molecule has 3 aromatic rings. The van der Waals surface area contributed by atoms with E-state index in [0.717, 1.165) is 15.2 Å². The summed E-state index contributed by atoms with van der Waals surface area (Å²) in [6.07, 6.45) is 1.33. The Bertz CT molecular complexity index is 1290. The van der Waals surface area contributed by atoms with Gasteiger partial charge in [0.25, 0.3) is 10.0 Å². The molecule has 1 amide bonds. The molecule has 0 bridgehead atoms. The molecule has 2 aromatic carbocycles. The van der Waals surface area contributed by atoms with Gasteiger partial charge in [0.1, 0.15) is 9.90 Å². The largest absolute Gasteiger partial charge is 0.355 e. The maximum Gasteiger partial charge on any atom is 0.285 e. The number of carbonyl (C=O) groups is 1. The van der Waals surface area contributed by atoms with Crippen molar-refractivity contribution in [3.8, 4) is 0 Å². The molecule has 7 nitrogen and oxygen atoms in total. The van der Waals surface area contributed by atoms with E-state index in [0.29, 0.717) is 37.3 Å². The summed E-state index contributed by atoms with van der Waals surface area (Å²) in [7, 11) is -1.79. The number of piperidine rings is 1. The molecule has 1 saturated heterocycles. The number of hydrogen-bond acceptors (Lipinski definition) is 6. The van der Waals surface area contributed by atoms with Gasteiger partial charge in [0.05, 0.1) is 16.3 Å². The normalized spacial score (nSPS) is 18.9. The molecule has 3 heterocycles. The fraction of sp³-hybridized carbons (Fsp3) is 0.348. The zero-order chi connectivity index (χ0) is 22.5. The van der Waals surface area contributed by atoms with Crippen molar-refractivity contribution in [2.24, 2.45) is 10.3 Å². The first-order valence-corrected chi connectivity index (χ1v) is 12.9. The summed E-state index contributed by atoms with van der Waals surface area (Å²) in [5.41, 5.74) is 1.61. The first-order valence-electron chi connectivity index (χ1n) is 10.7. The maximum atomic E-state index is 13.2. The van der Waals surface area contributed by atoms with Crippen molar-refractivity contribution in [1.29, 1.82) is 0 Å². The Morgan fingerprint density at radius 3 is 2.56 bits per heavy atom. The summed E-state index contributed by atoms with van der Waals surface area (Å²) in [6.45, 7) is 3.21. The number of fused-ring (bicyclic) bond motifs is 2. The van der Waals surface area contributed by atoms with Crippen LogP contribution in [-0.2, 0) is 14.8 Å². The minimum absolute atomic E-state index is 0.0954. The molecule has 1 fully saturated rings. The minimum atomic E-state index is -3.64. The third-order valence-electron chi connectivity index (χ3n) is 6.35. The van der Waals surface area contributed by atoms with Crippen LogP contribution in [0.5, 0.6) is 0 Å². The van der Waals surface area contributed by atoms with Crippen LogP contribution in [0.15, 0.2) is 57.8 Å². The Labute approximate surface area is 191 Å². The predicted molar refractivity (Wildman–Crippen MR) is 125 cm³/mol. The quantitative estimate of drug-likeness (QED) is 0.586. The summed E-state index contributed by atoms with van der Waals surface area (Å²) in [4.78, 5) is 22.0.